The fraction of sp³-hybridized carbons (Fsp3) is 0.500. The standard InChI is InChI=1S/C26H31N5O2/c1-17-5-4-6-18(13-17)15-29-11-3-2-7-23(29)22-14-24-27-21-10-12-30(25(32)19-8-9-19)16-20(21)26(33)31(24)28-22/h4-6,13-14,19,23,28H,2-3,7-12,15-16H2,1H3/t23-/m0/s1. The van der Waals surface area contributed by atoms with Gasteiger partial charge in [0, 0.05) is 31.5 Å². The summed E-state index contributed by atoms with van der Waals surface area (Å²) >= 11 is 0. The second kappa shape index (κ2) is 8.13. The molecule has 2 fully saturated rings. The summed E-state index contributed by atoms with van der Waals surface area (Å²) in [6.07, 6.45) is 6.07. The molecule has 3 aliphatic rings. The van der Waals surface area contributed by atoms with Crippen molar-refractivity contribution in [2.45, 2.75) is 64.6 Å². The maximum absolute atomic E-state index is 13.4. The lowest BCUT2D eigenvalue weighted by Crippen LogP contribution is -2.41. The molecule has 4 heterocycles. The number of amides is 1. The van der Waals surface area contributed by atoms with Crippen molar-refractivity contribution in [3.63, 3.8) is 0 Å². The fourth-order valence-corrected chi connectivity index (χ4v) is 5.52. The first-order chi connectivity index (χ1) is 16.1. The summed E-state index contributed by atoms with van der Waals surface area (Å²) < 4.78 is 1.60. The van der Waals surface area contributed by atoms with Crippen LogP contribution in [0.25, 0.3) is 5.65 Å². The number of rotatable bonds is 4. The van der Waals surface area contributed by atoms with Crippen molar-refractivity contribution in [1.29, 1.82) is 0 Å². The highest BCUT2D eigenvalue weighted by Gasteiger charge is 2.36. The van der Waals surface area contributed by atoms with Gasteiger partial charge in [0.05, 0.1) is 29.5 Å². The number of likely N-dealkylation sites (tertiary alicyclic amines) is 1. The Morgan fingerprint density at radius 2 is 2.03 bits per heavy atom. The van der Waals surface area contributed by atoms with Gasteiger partial charge in [0.15, 0.2) is 5.65 Å². The van der Waals surface area contributed by atoms with Crippen LogP contribution in [0.4, 0.5) is 0 Å². The molecule has 1 saturated carbocycles. The number of carbonyl (C=O) groups is 1. The predicted octanol–water partition coefficient (Wildman–Crippen LogP) is 3.35. The first-order valence-corrected chi connectivity index (χ1v) is 12.3. The van der Waals surface area contributed by atoms with Crippen LogP contribution < -0.4 is 5.56 Å². The summed E-state index contributed by atoms with van der Waals surface area (Å²) in [5.41, 5.74) is 5.81. The maximum Gasteiger partial charge on any atom is 0.277 e. The number of benzene rings is 1. The summed E-state index contributed by atoms with van der Waals surface area (Å²) in [5, 5.41) is 3.39. The van der Waals surface area contributed by atoms with Gasteiger partial charge in [-0.15, -0.1) is 0 Å². The Balaban J connectivity index is 1.30. The minimum atomic E-state index is -0.0596. The molecule has 1 aliphatic carbocycles. The van der Waals surface area contributed by atoms with Crippen molar-refractivity contribution in [3.05, 3.63) is 68.8 Å². The molecule has 0 spiro atoms. The Labute approximate surface area is 193 Å². The van der Waals surface area contributed by atoms with E-state index < -0.39 is 0 Å². The lowest BCUT2D eigenvalue weighted by molar-refractivity contribution is -0.133. The summed E-state index contributed by atoms with van der Waals surface area (Å²) in [4.78, 5) is 35.1. The molecule has 1 atom stereocenters. The van der Waals surface area contributed by atoms with Crippen LogP contribution in [-0.2, 0) is 24.3 Å². The Bertz CT molecular complexity index is 1270. The summed E-state index contributed by atoms with van der Waals surface area (Å²) in [7, 11) is 0. The number of aromatic amines is 1. The molecule has 1 aromatic carbocycles. The average Bonchev–Trinajstić information content (AvgIpc) is 3.58. The fourth-order valence-electron chi connectivity index (χ4n) is 5.52. The number of carbonyl (C=O) groups excluding carboxylic acids is 1. The predicted molar refractivity (Wildman–Crippen MR) is 126 cm³/mol. The largest absolute Gasteiger partial charge is 0.337 e. The molecule has 0 radical (unpaired) electrons. The Hall–Kier alpha value is -2.93. The molecular formula is C26H31N5O2. The van der Waals surface area contributed by atoms with Crippen LogP contribution in [0.2, 0.25) is 0 Å². The van der Waals surface area contributed by atoms with Gasteiger partial charge in [-0.25, -0.2) is 9.50 Å². The zero-order valence-electron chi connectivity index (χ0n) is 19.2. The molecule has 0 unspecified atom stereocenters. The van der Waals surface area contributed by atoms with E-state index >= 15 is 0 Å². The van der Waals surface area contributed by atoms with E-state index in [1.54, 1.807) is 4.52 Å². The third kappa shape index (κ3) is 3.88. The van der Waals surface area contributed by atoms with Crippen LogP contribution in [-0.4, -0.2) is 43.4 Å². The van der Waals surface area contributed by atoms with Crippen LogP contribution in [0.3, 0.4) is 0 Å². The van der Waals surface area contributed by atoms with E-state index in [0.717, 1.165) is 43.7 Å². The van der Waals surface area contributed by atoms with Crippen molar-refractivity contribution in [2.24, 2.45) is 5.92 Å². The minimum Gasteiger partial charge on any atom is -0.337 e. The molecule has 1 N–H and O–H groups in total. The highest BCUT2D eigenvalue weighted by molar-refractivity contribution is 5.81. The molecule has 1 amide bonds. The number of nitrogens with zero attached hydrogens (tertiary/aromatic N) is 4. The number of hydrogen-bond acceptors (Lipinski definition) is 4. The van der Waals surface area contributed by atoms with Gasteiger partial charge in [0.2, 0.25) is 5.91 Å². The van der Waals surface area contributed by atoms with Gasteiger partial charge < -0.3 is 4.90 Å². The van der Waals surface area contributed by atoms with E-state index in [2.05, 4.69) is 47.3 Å². The van der Waals surface area contributed by atoms with E-state index in [-0.39, 0.29) is 23.4 Å². The number of piperidine rings is 1. The number of aromatic nitrogens is 3. The van der Waals surface area contributed by atoms with E-state index in [1.807, 2.05) is 4.90 Å². The average molecular weight is 446 g/mol. The van der Waals surface area contributed by atoms with Crippen LogP contribution >= 0.6 is 0 Å². The topological polar surface area (TPSA) is 73.7 Å². The quantitative estimate of drug-likeness (QED) is 0.668. The molecule has 6 rings (SSSR count). The monoisotopic (exact) mass is 445 g/mol. The van der Waals surface area contributed by atoms with Crippen molar-refractivity contribution in [2.75, 3.05) is 13.1 Å². The summed E-state index contributed by atoms with van der Waals surface area (Å²) in [5.74, 6) is 0.375. The molecule has 7 nitrogen and oxygen atoms in total. The lowest BCUT2D eigenvalue weighted by Gasteiger charge is -2.35. The van der Waals surface area contributed by atoms with E-state index in [0.29, 0.717) is 30.7 Å². The van der Waals surface area contributed by atoms with Crippen molar-refractivity contribution < 1.29 is 4.79 Å². The smallest absolute Gasteiger partial charge is 0.277 e. The van der Waals surface area contributed by atoms with Gasteiger partial charge in [-0.1, -0.05) is 36.2 Å². The number of H-pyrrole nitrogens is 1. The second-order valence-electron chi connectivity index (χ2n) is 10.0. The normalized spacial score (nSPS) is 21.4. The van der Waals surface area contributed by atoms with Crippen LogP contribution in [0.15, 0.2) is 35.1 Å². The molecule has 0 bridgehead atoms. The second-order valence-corrected chi connectivity index (χ2v) is 10.0. The molecule has 7 heteroatoms. The Kier molecular flexibility index (Phi) is 5.09. The highest BCUT2D eigenvalue weighted by Crippen LogP contribution is 2.33. The lowest BCUT2D eigenvalue weighted by atomic mass is 9.98. The maximum atomic E-state index is 13.4. The number of hydrogen-bond donors (Lipinski definition) is 1. The zero-order valence-corrected chi connectivity index (χ0v) is 19.2. The highest BCUT2D eigenvalue weighted by atomic mass is 16.2. The van der Waals surface area contributed by atoms with Crippen molar-refractivity contribution in [3.8, 4) is 0 Å². The zero-order chi connectivity index (χ0) is 22.5. The Morgan fingerprint density at radius 1 is 1.15 bits per heavy atom. The van der Waals surface area contributed by atoms with Gasteiger partial charge in [0.25, 0.3) is 5.56 Å². The third-order valence-electron chi connectivity index (χ3n) is 7.46. The third-order valence-corrected chi connectivity index (χ3v) is 7.46. The van der Waals surface area contributed by atoms with Gasteiger partial charge in [-0.2, -0.15) is 0 Å². The molecule has 2 aliphatic heterocycles. The van der Waals surface area contributed by atoms with Crippen LogP contribution in [0.5, 0.6) is 0 Å². The number of aryl methyl sites for hydroxylation is 1. The SMILES string of the molecule is Cc1cccc(CN2CCCC[C@H]2c2cc3nc4c(c(=O)n3[nH]2)CN(C(=O)C2CC2)CC4)c1. The van der Waals surface area contributed by atoms with Gasteiger partial charge >= 0.3 is 0 Å². The first kappa shape index (κ1) is 20.7. The molecule has 2 aromatic heterocycles. The van der Waals surface area contributed by atoms with E-state index in [1.165, 1.54) is 24.0 Å². The molecule has 33 heavy (non-hydrogen) atoms. The molecule has 1 saturated heterocycles. The number of fused-ring (bicyclic) bond motifs is 2. The van der Waals surface area contributed by atoms with Gasteiger partial charge in [0.1, 0.15) is 0 Å². The van der Waals surface area contributed by atoms with Gasteiger partial charge in [-0.05, 0) is 44.7 Å². The molecule has 172 valence electrons. The molecular weight excluding hydrogens is 414 g/mol. The van der Waals surface area contributed by atoms with E-state index in [9.17, 15) is 9.59 Å². The summed E-state index contributed by atoms with van der Waals surface area (Å²) in [6.45, 7) is 5.13. The summed E-state index contributed by atoms with van der Waals surface area (Å²) in [6, 6.07) is 11.0. The van der Waals surface area contributed by atoms with Crippen LogP contribution in [0.1, 0.15) is 66.2 Å². The Morgan fingerprint density at radius 3 is 2.85 bits per heavy atom. The van der Waals surface area contributed by atoms with Crippen molar-refractivity contribution >= 4 is 11.6 Å². The van der Waals surface area contributed by atoms with Crippen LogP contribution in [0, 0.1) is 12.8 Å². The molecule has 3 aromatic rings. The first-order valence-electron chi connectivity index (χ1n) is 12.3. The van der Waals surface area contributed by atoms with Gasteiger partial charge in [-0.3, -0.25) is 19.6 Å². The van der Waals surface area contributed by atoms with E-state index in [4.69, 9.17) is 4.98 Å². The van der Waals surface area contributed by atoms with Crippen molar-refractivity contribution in [1.82, 2.24) is 24.4 Å². The minimum absolute atomic E-state index is 0.0596. The number of nitrogens with one attached hydrogen (secondary N) is 1.